The Bertz CT molecular complexity index is 756. The fourth-order valence-corrected chi connectivity index (χ4v) is 2.28. The fraction of sp³-hybridized carbons (Fsp3) is 0.0556. The Hall–Kier alpha value is -2.41. The highest BCUT2D eigenvalue weighted by Crippen LogP contribution is 2.18. The minimum Gasteiger partial charge on any atom is -0.289 e. The average Bonchev–Trinajstić information content (AvgIpc) is 2.46. The van der Waals surface area contributed by atoms with E-state index in [-0.39, 0.29) is 5.78 Å². The van der Waals surface area contributed by atoms with E-state index in [1.807, 2.05) is 67.6 Å². The number of hydrogen-bond donors (Lipinski definition) is 0. The van der Waals surface area contributed by atoms with E-state index < -0.39 is 0 Å². The molecule has 0 fully saturated rings. The largest absolute Gasteiger partial charge is 0.289 e. The highest BCUT2D eigenvalue weighted by molar-refractivity contribution is 6.10. The Morgan fingerprint density at radius 2 is 1.47 bits per heavy atom. The van der Waals surface area contributed by atoms with Crippen LogP contribution in [0.2, 0.25) is 0 Å². The standard InChI is InChI=1S/C18H14O/c1-13-5-4-8-16(11-13)18(19)17-10-9-14-6-2-3-7-15(14)12-17/h2-12H,1H3. The third-order valence-corrected chi connectivity index (χ3v) is 3.29. The molecule has 92 valence electrons. The van der Waals surface area contributed by atoms with Crippen molar-refractivity contribution < 1.29 is 4.79 Å². The molecule has 3 aromatic carbocycles. The third-order valence-electron chi connectivity index (χ3n) is 3.29. The van der Waals surface area contributed by atoms with Crippen molar-refractivity contribution in [2.24, 2.45) is 0 Å². The van der Waals surface area contributed by atoms with Crippen LogP contribution in [0.15, 0.2) is 66.7 Å². The Kier molecular flexibility index (Phi) is 2.88. The molecule has 0 aliphatic heterocycles. The van der Waals surface area contributed by atoms with E-state index in [1.54, 1.807) is 0 Å². The molecule has 0 radical (unpaired) electrons. The second-order valence-electron chi connectivity index (χ2n) is 4.76. The van der Waals surface area contributed by atoms with Gasteiger partial charge in [0.2, 0.25) is 0 Å². The van der Waals surface area contributed by atoms with Crippen LogP contribution in [-0.2, 0) is 0 Å². The first-order valence-corrected chi connectivity index (χ1v) is 6.34. The number of carbonyl (C=O) groups excluding carboxylic acids is 1. The number of carbonyl (C=O) groups is 1. The van der Waals surface area contributed by atoms with Gasteiger partial charge in [-0.3, -0.25) is 4.79 Å². The predicted octanol–water partition coefficient (Wildman–Crippen LogP) is 4.38. The Morgan fingerprint density at radius 3 is 2.26 bits per heavy atom. The highest BCUT2D eigenvalue weighted by Gasteiger charge is 2.09. The van der Waals surface area contributed by atoms with Gasteiger partial charge in [0, 0.05) is 11.1 Å². The smallest absolute Gasteiger partial charge is 0.193 e. The van der Waals surface area contributed by atoms with E-state index in [2.05, 4.69) is 6.07 Å². The van der Waals surface area contributed by atoms with E-state index >= 15 is 0 Å². The molecule has 0 bridgehead atoms. The maximum absolute atomic E-state index is 12.4. The molecule has 3 aromatic rings. The summed E-state index contributed by atoms with van der Waals surface area (Å²) in [5.41, 5.74) is 2.59. The summed E-state index contributed by atoms with van der Waals surface area (Å²) >= 11 is 0. The highest BCUT2D eigenvalue weighted by atomic mass is 16.1. The summed E-state index contributed by atoms with van der Waals surface area (Å²) in [6.45, 7) is 2.00. The van der Waals surface area contributed by atoms with Gasteiger partial charge in [-0.25, -0.2) is 0 Å². The van der Waals surface area contributed by atoms with Crippen LogP contribution < -0.4 is 0 Å². The quantitative estimate of drug-likeness (QED) is 0.613. The lowest BCUT2D eigenvalue weighted by atomic mass is 9.99. The topological polar surface area (TPSA) is 17.1 Å². The average molecular weight is 246 g/mol. The van der Waals surface area contributed by atoms with Crippen molar-refractivity contribution in [3.05, 3.63) is 83.4 Å². The van der Waals surface area contributed by atoms with Gasteiger partial charge in [0.1, 0.15) is 0 Å². The second kappa shape index (κ2) is 4.69. The van der Waals surface area contributed by atoms with Crippen LogP contribution in [0.3, 0.4) is 0 Å². The summed E-state index contributed by atoms with van der Waals surface area (Å²) in [5.74, 6) is 0.0782. The Labute approximate surface area is 112 Å². The van der Waals surface area contributed by atoms with E-state index in [4.69, 9.17) is 0 Å². The Balaban J connectivity index is 2.06. The molecule has 0 aliphatic rings. The van der Waals surface area contributed by atoms with Crippen molar-refractivity contribution in [1.82, 2.24) is 0 Å². The van der Waals surface area contributed by atoms with Gasteiger partial charge in [-0.15, -0.1) is 0 Å². The number of ketones is 1. The fourth-order valence-electron chi connectivity index (χ4n) is 2.28. The second-order valence-corrected chi connectivity index (χ2v) is 4.76. The lowest BCUT2D eigenvalue weighted by Gasteiger charge is -2.04. The van der Waals surface area contributed by atoms with Gasteiger partial charge >= 0.3 is 0 Å². The summed E-state index contributed by atoms with van der Waals surface area (Å²) in [5, 5.41) is 2.25. The molecule has 0 spiro atoms. The molecule has 3 rings (SSSR count). The molecule has 19 heavy (non-hydrogen) atoms. The minimum atomic E-state index is 0.0782. The molecule has 1 nitrogen and oxygen atoms in total. The van der Waals surface area contributed by atoms with Gasteiger partial charge < -0.3 is 0 Å². The monoisotopic (exact) mass is 246 g/mol. The maximum atomic E-state index is 12.4. The van der Waals surface area contributed by atoms with E-state index in [0.29, 0.717) is 0 Å². The van der Waals surface area contributed by atoms with Gasteiger partial charge in [-0.05, 0) is 29.8 Å². The zero-order valence-electron chi connectivity index (χ0n) is 10.8. The van der Waals surface area contributed by atoms with Gasteiger partial charge in [-0.1, -0.05) is 60.2 Å². The molecular formula is C18H14O. The van der Waals surface area contributed by atoms with Crippen LogP contribution in [0, 0.1) is 6.92 Å². The summed E-state index contributed by atoms with van der Waals surface area (Å²) < 4.78 is 0. The van der Waals surface area contributed by atoms with E-state index in [0.717, 1.165) is 27.5 Å². The zero-order chi connectivity index (χ0) is 13.2. The molecule has 0 N–H and O–H groups in total. The van der Waals surface area contributed by atoms with Crippen molar-refractivity contribution in [3.8, 4) is 0 Å². The predicted molar refractivity (Wildman–Crippen MR) is 78.6 cm³/mol. The van der Waals surface area contributed by atoms with Crippen molar-refractivity contribution in [1.29, 1.82) is 0 Å². The van der Waals surface area contributed by atoms with Crippen molar-refractivity contribution in [3.63, 3.8) is 0 Å². The number of rotatable bonds is 2. The van der Waals surface area contributed by atoms with Crippen LogP contribution in [0.5, 0.6) is 0 Å². The summed E-state index contributed by atoms with van der Waals surface area (Å²) in [6, 6.07) is 21.6. The van der Waals surface area contributed by atoms with Gasteiger partial charge in [0.05, 0.1) is 0 Å². The van der Waals surface area contributed by atoms with Crippen LogP contribution in [0.25, 0.3) is 10.8 Å². The van der Waals surface area contributed by atoms with Crippen molar-refractivity contribution >= 4 is 16.6 Å². The third kappa shape index (κ3) is 2.27. The van der Waals surface area contributed by atoms with Crippen LogP contribution in [0.4, 0.5) is 0 Å². The normalized spacial score (nSPS) is 10.6. The Morgan fingerprint density at radius 1 is 0.737 bits per heavy atom. The lowest BCUT2D eigenvalue weighted by Crippen LogP contribution is -2.01. The van der Waals surface area contributed by atoms with Crippen LogP contribution in [-0.4, -0.2) is 5.78 Å². The number of hydrogen-bond acceptors (Lipinski definition) is 1. The molecule has 0 aromatic heterocycles. The first-order valence-electron chi connectivity index (χ1n) is 6.34. The minimum absolute atomic E-state index is 0.0782. The summed E-state index contributed by atoms with van der Waals surface area (Å²) in [6.07, 6.45) is 0. The summed E-state index contributed by atoms with van der Waals surface area (Å²) in [7, 11) is 0. The van der Waals surface area contributed by atoms with Crippen molar-refractivity contribution in [2.45, 2.75) is 6.92 Å². The number of aryl methyl sites for hydroxylation is 1. The zero-order valence-corrected chi connectivity index (χ0v) is 10.8. The maximum Gasteiger partial charge on any atom is 0.193 e. The molecule has 0 unspecified atom stereocenters. The van der Waals surface area contributed by atoms with Crippen LogP contribution >= 0.6 is 0 Å². The van der Waals surface area contributed by atoms with E-state index in [9.17, 15) is 4.79 Å². The molecule has 0 aliphatic carbocycles. The SMILES string of the molecule is Cc1cccc(C(=O)c2ccc3ccccc3c2)c1. The van der Waals surface area contributed by atoms with Gasteiger partial charge in [-0.2, -0.15) is 0 Å². The first-order chi connectivity index (χ1) is 9.24. The van der Waals surface area contributed by atoms with Crippen LogP contribution in [0.1, 0.15) is 21.5 Å². The molecule has 0 amide bonds. The first kappa shape index (κ1) is 11.7. The molecule has 0 heterocycles. The molecular weight excluding hydrogens is 232 g/mol. The molecule has 1 heteroatoms. The molecule has 0 saturated carbocycles. The van der Waals surface area contributed by atoms with Gasteiger partial charge in [0.15, 0.2) is 5.78 Å². The number of benzene rings is 3. The number of fused-ring (bicyclic) bond motifs is 1. The van der Waals surface area contributed by atoms with Gasteiger partial charge in [0.25, 0.3) is 0 Å². The molecule has 0 atom stereocenters. The van der Waals surface area contributed by atoms with E-state index in [1.165, 1.54) is 0 Å². The van der Waals surface area contributed by atoms with Crippen molar-refractivity contribution in [2.75, 3.05) is 0 Å². The lowest BCUT2D eigenvalue weighted by molar-refractivity contribution is 0.103. The summed E-state index contributed by atoms with van der Waals surface area (Å²) in [4.78, 5) is 12.4. The molecule has 0 saturated heterocycles.